The number of benzene rings is 1. The van der Waals surface area contributed by atoms with Crippen LogP contribution in [0.15, 0.2) is 34.6 Å². The van der Waals surface area contributed by atoms with E-state index in [2.05, 4.69) is 29.5 Å². The summed E-state index contributed by atoms with van der Waals surface area (Å²) in [4.78, 5) is 12.2. The third kappa shape index (κ3) is 3.92. The van der Waals surface area contributed by atoms with Gasteiger partial charge in [-0.2, -0.15) is 0 Å². The zero-order chi connectivity index (χ0) is 13.9. The Bertz CT molecular complexity index is 499. The lowest BCUT2D eigenvalue weighted by atomic mass is 10.1. The van der Waals surface area contributed by atoms with E-state index in [-0.39, 0.29) is 10.5 Å². The minimum Gasteiger partial charge on any atom is -0.497 e. The highest BCUT2D eigenvalue weighted by Gasteiger charge is 2.32. The van der Waals surface area contributed by atoms with Gasteiger partial charge in [0.2, 0.25) is 0 Å². The van der Waals surface area contributed by atoms with Crippen LogP contribution in [0.5, 0.6) is 5.75 Å². The second-order valence-electron chi connectivity index (χ2n) is 4.53. The highest BCUT2D eigenvalue weighted by atomic mass is 127. The molecule has 1 saturated heterocycles. The van der Waals surface area contributed by atoms with E-state index >= 15 is 0 Å². The van der Waals surface area contributed by atoms with Crippen molar-refractivity contribution < 1.29 is 9.53 Å². The molecule has 0 saturated carbocycles. The molecule has 0 aromatic heterocycles. The van der Waals surface area contributed by atoms with Crippen molar-refractivity contribution in [3.8, 4) is 5.75 Å². The van der Waals surface area contributed by atoms with Crippen LogP contribution < -0.4 is 4.74 Å². The first-order valence-corrected chi connectivity index (χ1v) is 9.17. The molecule has 1 aliphatic rings. The fraction of sp³-hybridized carbons (Fsp3) is 0.357. The van der Waals surface area contributed by atoms with E-state index in [9.17, 15) is 4.79 Å². The lowest BCUT2D eigenvalue weighted by Crippen LogP contribution is -2.20. The van der Waals surface area contributed by atoms with E-state index in [1.54, 1.807) is 37.1 Å². The molecule has 2 nitrogen and oxygen atoms in total. The monoisotopic (exact) mass is 406 g/mol. The number of allylic oxidation sites excluding steroid dienone is 1. The maximum atomic E-state index is 12.2. The summed E-state index contributed by atoms with van der Waals surface area (Å²) in [6.45, 7) is 2.25. The largest absolute Gasteiger partial charge is 0.497 e. The van der Waals surface area contributed by atoms with Crippen molar-refractivity contribution in [2.24, 2.45) is 0 Å². The molecule has 1 heterocycles. The van der Waals surface area contributed by atoms with Crippen LogP contribution in [0.2, 0.25) is 0 Å². The Kier molecular flexibility index (Phi) is 5.25. The lowest BCUT2D eigenvalue weighted by Gasteiger charge is -2.16. The number of ketones is 1. The summed E-state index contributed by atoms with van der Waals surface area (Å²) in [5.74, 6) is 1.91. The van der Waals surface area contributed by atoms with Gasteiger partial charge in [0.1, 0.15) is 5.75 Å². The first-order valence-electron chi connectivity index (χ1n) is 5.84. The Morgan fingerprint density at radius 3 is 2.68 bits per heavy atom. The standard InChI is InChI=1S/C14H15IO2S2/c1-14(8-15)9-18-13(19-14)7-12(16)10-3-5-11(17-2)6-4-10/h3-7H,8-9H2,1-2H3/b13-7-. The number of thioether (sulfide) groups is 2. The summed E-state index contributed by atoms with van der Waals surface area (Å²) in [5, 5.41) is 0. The van der Waals surface area contributed by atoms with Gasteiger partial charge in [-0.1, -0.05) is 22.6 Å². The number of carbonyl (C=O) groups excluding carboxylic acids is 1. The molecule has 0 amide bonds. The molecule has 2 rings (SSSR count). The summed E-state index contributed by atoms with van der Waals surface area (Å²) < 4.78 is 7.57. The van der Waals surface area contributed by atoms with Crippen LogP contribution in [0.4, 0.5) is 0 Å². The first-order chi connectivity index (χ1) is 9.06. The molecular formula is C14H15IO2S2. The van der Waals surface area contributed by atoms with Crippen LogP contribution in [0, 0.1) is 0 Å². The van der Waals surface area contributed by atoms with E-state index in [4.69, 9.17) is 4.74 Å². The number of rotatable bonds is 4. The van der Waals surface area contributed by atoms with Crippen molar-refractivity contribution in [2.75, 3.05) is 17.3 Å². The van der Waals surface area contributed by atoms with Gasteiger partial charge in [-0.25, -0.2) is 0 Å². The average molecular weight is 406 g/mol. The van der Waals surface area contributed by atoms with Crippen LogP contribution in [0.25, 0.3) is 0 Å². The molecule has 1 atom stereocenters. The summed E-state index contributed by atoms with van der Waals surface area (Å²) in [7, 11) is 1.62. The molecular weight excluding hydrogens is 391 g/mol. The van der Waals surface area contributed by atoms with Gasteiger partial charge in [-0.15, -0.1) is 23.5 Å². The normalized spacial score (nSPS) is 24.7. The van der Waals surface area contributed by atoms with Crippen LogP contribution >= 0.6 is 46.1 Å². The molecule has 1 fully saturated rings. The fourth-order valence-electron chi connectivity index (χ4n) is 1.61. The second-order valence-corrected chi connectivity index (χ2v) is 8.20. The molecule has 0 spiro atoms. The maximum absolute atomic E-state index is 12.2. The second kappa shape index (κ2) is 6.54. The number of halogens is 1. The predicted octanol–water partition coefficient (Wildman–Crippen LogP) is 4.39. The van der Waals surface area contributed by atoms with Crippen LogP contribution in [-0.2, 0) is 0 Å². The zero-order valence-electron chi connectivity index (χ0n) is 10.8. The predicted molar refractivity (Wildman–Crippen MR) is 92.7 cm³/mol. The third-order valence-corrected chi connectivity index (χ3v) is 8.04. The van der Waals surface area contributed by atoms with Crippen molar-refractivity contribution >= 4 is 51.9 Å². The Morgan fingerprint density at radius 1 is 1.47 bits per heavy atom. The molecule has 0 aliphatic carbocycles. The quantitative estimate of drug-likeness (QED) is 0.321. The van der Waals surface area contributed by atoms with Gasteiger partial charge in [0.05, 0.1) is 7.11 Å². The Balaban J connectivity index is 2.08. The maximum Gasteiger partial charge on any atom is 0.187 e. The molecule has 19 heavy (non-hydrogen) atoms. The van der Waals surface area contributed by atoms with Gasteiger partial charge in [-0.3, -0.25) is 4.79 Å². The number of alkyl halides is 1. The fourth-order valence-corrected chi connectivity index (χ4v) is 5.59. The molecule has 1 aromatic carbocycles. The minimum atomic E-state index is 0.0651. The first kappa shape index (κ1) is 15.3. The number of carbonyl (C=O) groups is 1. The smallest absolute Gasteiger partial charge is 0.187 e. The molecule has 0 radical (unpaired) electrons. The molecule has 102 valence electrons. The number of hydrogen-bond donors (Lipinski definition) is 0. The Labute approximate surface area is 135 Å². The molecule has 1 aliphatic heterocycles. The van der Waals surface area contributed by atoms with Gasteiger partial charge >= 0.3 is 0 Å². The SMILES string of the molecule is COc1ccc(C(=O)/C=C2/SCC(C)(CI)S2)cc1. The van der Waals surface area contributed by atoms with E-state index in [1.807, 2.05) is 23.9 Å². The Hall–Kier alpha value is -0.140. The number of methoxy groups -OCH3 is 1. The topological polar surface area (TPSA) is 26.3 Å². The van der Waals surface area contributed by atoms with Crippen LogP contribution in [0.1, 0.15) is 17.3 Å². The van der Waals surface area contributed by atoms with E-state index in [0.717, 1.165) is 20.2 Å². The van der Waals surface area contributed by atoms with E-state index < -0.39 is 0 Å². The number of hydrogen-bond acceptors (Lipinski definition) is 4. The van der Waals surface area contributed by atoms with Crippen molar-refractivity contribution in [1.29, 1.82) is 0 Å². The molecule has 1 aromatic rings. The van der Waals surface area contributed by atoms with Gasteiger partial charge in [0, 0.05) is 30.8 Å². The minimum absolute atomic E-state index is 0.0651. The van der Waals surface area contributed by atoms with Gasteiger partial charge in [0.25, 0.3) is 0 Å². The molecule has 0 N–H and O–H groups in total. The lowest BCUT2D eigenvalue weighted by molar-refractivity contribution is 0.104. The Morgan fingerprint density at radius 2 is 2.16 bits per heavy atom. The van der Waals surface area contributed by atoms with Gasteiger partial charge in [-0.05, 0) is 31.2 Å². The highest BCUT2D eigenvalue weighted by molar-refractivity contribution is 14.1. The van der Waals surface area contributed by atoms with Gasteiger partial charge < -0.3 is 4.74 Å². The summed E-state index contributed by atoms with van der Waals surface area (Å²) in [5.41, 5.74) is 0.706. The van der Waals surface area contributed by atoms with Crippen LogP contribution in [0.3, 0.4) is 0 Å². The van der Waals surface area contributed by atoms with Crippen molar-refractivity contribution in [2.45, 2.75) is 11.7 Å². The average Bonchev–Trinajstić information content (AvgIpc) is 2.81. The van der Waals surface area contributed by atoms with Crippen molar-refractivity contribution in [1.82, 2.24) is 0 Å². The van der Waals surface area contributed by atoms with Crippen molar-refractivity contribution in [3.05, 3.63) is 40.1 Å². The van der Waals surface area contributed by atoms with Crippen LogP contribution in [-0.4, -0.2) is 27.8 Å². The summed E-state index contributed by atoms with van der Waals surface area (Å²) in [6.07, 6.45) is 1.76. The summed E-state index contributed by atoms with van der Waals surface area (Å²) >= 11 is 6.00. The highest BCUT2D eigenvalue weighted by Crippen LogP contribution is 2.49. The molecule has 1 unspecified atom stereocenters. The molecule has 0 bridgehead atoms. The number of ether oxygens (including phenoxy) is 1. The molecule has 5 heteroatoms. The van der Waals surface area contributed by atoms with Crippen molar-refractivity contribution in [3.63, 3.8) is 0 Å². The third-order valence-electron chi connectivity index (χ3n) is 2.77. The van der Waals surface area contributed by atoms with E-state index in [0.29, 0.717) is 5.56 Å². The summed E-state index contributed by atoms with van der Waals surface area (Å²) in [6, 6.07) is 7.24. The zero-order valence-corrected chi connectivity index (χ0v) is 14.6. The van der Waals surface area contributed by atoms with E-state index in [1.165, 1.54) is 0 Å². The van der Waals surface area contributed by atoms with Gasteiger partial charge in [0.15, 0.2) is 5.78 Å².